The summed E-state index contributed by atoms with van der Waals surface area (Å²) in [6, 6.07) is 3.89. The Labute approximate surface area is 127 Å². The molecule has 0 aliphatic heterocycles. The van der Waals surface area contributed by atoms with E-state index in [0.29, 0.717) is 22.4 Å². The normalized spacial score (nSPS) is 14.2. The summed E-state index contributed by atoms with van der Waals surface area (Å²) in [5.41, 5.74) is -0.585. The zero-order valence-corrected chi connectivity index (χ0v) is 13.6. The van der Waals surface area contributed by atoms with Crippen LogP contribution >= 0.6 is 15.9 Å². The molecule has 1 amide bonds. The predicted molar refractivity (Wildman–Crippen MR) is 81.1 cm³/mol. The molecule has 5 heteroatoms. The van der Waals surface area contributed by atoms with Crippen LogP contribution in [0.3, 0.4) is 0 Å². The first kappa shape index (κ1) is 17.1. The number of hydrogen-bond acceptors (Lipinski definition) is 2. The third-order valence-corrected chi connectivity index (χ3v) is 3.72. The monoisotopic (exact) mass is 345 g/mol. The Bertz CT molecular complexity index is 475. The van der Waals surface area contributed by atoms with Gasteiger partial charge in [0, 0.05) is 11.0 Å². The van der Waals surface area contributed by atoms with E-state index in [2.05, 4.69) is 35.1 Å². The van der Waals surface area contributed by atoms with Gasteiger partial charge in [0.25, 0.3) is 5.91 Å². The van der Waals surface area contributed by atoms with Gasteiger partial charge >= 0.3 is 0 Å². The van der Waals surface area contributed by atoms with Gasteiger partial charge in [-0.05, 0) is 59.8 Å². The highest BCUT2D eigenvalue weighted by molar-refractivity contribution is 9.10. The zero-order valence-electron chi connectivity index (χ0n) is 12.0. The standard InChI is InChI=1S/C15H21BrFNO2/c1-10(2)6-7-15(3,20)9-18-14(19)12-5-4-11(17)8-13(12)16/h4-5,8,10,20H,6-7,9H2,1-3H3,(H,18,19). The van der Waals surface area contributed by atoms with Gasteiger partial charge in [-0.3, -0.25) is 4.79 Å². The fourth-order valence-corrected chi connectivity index (χ4v) is 2.26. The van der Waals surface area contributed by atoms with Gasteiger partial charge in [0.1, 0.15) is 5.82 Å². The molecule has 0 fully saturated rings. The molecule has 1 aromatic carbocycles. The highest BCUT2D eigenvalue weighted by atomic mass is 79.9. The largest absolute Gasteiger partial charge is 0.388 e. The summed E-state index contributed by atoms with van der Waals surface area (Å²) in [6.45, 7) is 6.05. The molecule has 0 spiro atoms. The highest BCUT2D eigenvalue weighted by Crippen LogP contribution is 2.19. The SMILES string of the molecule is CC(C)CCC(C)(O)CNC(=O)c1ccc(F)cc1Br. The molecule has 1 atom stereocenters. The summed E-state index contributed by atoms with van der Waals surface area (Å²) < 4.78 is 13.4. The second kappa shape index (κ2) is 7.18. The lowest BCUT2D eigenvalue weighted by molar-refractivity contribution is 0.0429. The summed E-state index contributed by atoms with van der Waals surface area (Å²) in [5, 5.41) is 12.9. The first-order valence-electron chi connectivity index (χ1n) is 6.67. The first-order chi connectivity index (χ1) is 9.21. The fraction of sp³-hybridized carbons (Fsp3) is 0.533. The molecule has 0 radical (unpaired) electrons. The number of carbonyl (C=O) groups excluding carboxylic acids is 1. The van der Waals surface area contributed by atoms with Gasteiger partial charge in [-0.2, -0.15) is 0 Å². The molecular weight excluding hydrogens is 325 g/mol. The van der Waals surface area contributed by atoms with E-state index in [1.807, 2.05) is 0 Å². The van der Waals surface area contributed by atoms with Crippen LogP contribution in [0.1, 0.15) is 44.0 Å². The molecular formula is C15H21BrFNO2. The lowest BCUT2D eigenvalue weighted by atomic mass is 9.95. The van der Waals surface area contributed by atoms with E-state index in [9.17, 15) is 14.3 Å². The third kappa shape index (κ3) is 5.59. The number of carbonyl (C=O) groups is 1. The molecule has 0 aliphatic rings. The Morgan fingerprint density at radius 1 is 1.50 bits per heavy atom. The van der Waals surface area contributed by atoms with Crippen molar-refractivity contribution in [2.24, 2.45) is 5.92 Å². The molecule has 112 valence electrons. The highest BCUT2D eigenvalue weighted by Gasteiger charge is 2.22. The van der Waals surface area contributed by atoms with Gasteiger partial charge in [0.2, 0.25) is 0 Å². The molecule has 1 rings (SSSR count). The number of halogens is 2. The number of rotatable bonds is 6. The molecule has 1 aromatic rings. The van der Waals surface area contributed by atoms with Crippen molar-refractivity contribution in [2.75, 3.05) is 6.54 Å². The predicted octanol–water partition coefficient (Wildman–Crippen LogP) is 3.51. The summed E-state index contributed by atoms with van der Waals surface area (Å²) >= 11 is 3.15. The van der Waals surface area contributed by atoms with Gasteiger partial charge in [-0.1, -0.05) is 13.8 Å². The lowest BCUT2D eigenvalue weighted by Crippen LogP contribution is -2.40. The van der Waals surface area contributed by atoms with E-state index < -0.39 is 11.4 Å². The van der Waals surface area contributed by atoms with E-state index in [-0.39, 0.29) is 12.5 Å². The first-order valence-corrected chi connectivity index (χ1v) is 7.46. The van der Waals surface area contributed by atoms with Crippen LogP contribution in [-0.2, 0) is 0 Å². The molecule has 1 unspecified atom stereocenters. The van der Waals surface area contributed by atoms with Crippen molar-refractivity contribution in [3.05, 3.63) is 34.1 Å². The molecule has 0 saturated heterocycles. The van der Waals surface area contributed by atoms with Gasteiger partial charge in [-0.15, -0.1) is 0 Å². The topological polar surface area (TPSA) is 49.3 Å². The van der Waals surface area contributed by atoms with Crippen LogP contribution in [0.5, 0.6) is 0 Å². The van der Waals surface area contributed by atoms with Crippen molar-refractivity contribution in [1.82, 2.24) is 5.32 Å². The maximum absolute atomic E-state index is 13.0. The van der Waals surface area contributed by atoms with Crippen LogP contribution in [0.2, 0.25) is 0 Å². The van der Waals surface area contributed by atoms with E-state index in [0.717, 1.165) is 6.42 Å². The van der Waals surface area contributed by atoms with E-state index in [1.54, 1.807) is 6.92 Å². The van der Waals surface area contributed by atoms with Crippen LogP contribution in [0.25, 0.3) is 0 Å². The van der Waals surface area contributed by atoms with Gasteiger partial charge in [0.15, 0.2) is 0 Å². The number of aliphatic hydroxyl groups is 1. The Hall–Kier alpha value is -0.940. The minimum atomic E-state index is -0.938. The molecule has 0 aromatic heterocycles. The van der Waals surface area contributed by atoms with Crippen molar-refractivity contribution in [3.8, 4) is 0 Å². The van der Waals surface area contributed by atoms with Crippen molar-refractivity contribution in [1.29, 1.82) is 0 Å². The molecule has 0 saturated carbocycles. The third-order valence-electron chi connectivity index (χ3n) is 3.07. The number of amides is 1. The van der Waals surface area contributed by atoms with E-state index in [1.165, 1.54) is 18.2 Å². The van der Waals surface area contributed by atoms with Crippen molar-refractivity contribution < 1.29 is 14.3 Å². The van der Waals surface area contributed by atoms with Crippen LogP contribution < -0.4 is 5.32 Å². The van der Waals surface area contributed by atoms with Crippen LogP contribution in [0.15, 0.2) is 22.7 Å². The van der Waals surface area contributed by atoms with Gasteiger partial charge < -0.3 is 10.4 Å². The minimum Gasteiger partial charge on any atom is -0.388 e. The van der Waals surface area contributed by atoms with Crippen LogP contribution in [0.4, 0.5) is 4.39 Å². The number of nitrogens with one attached hydrogen (secondary N) is 1. The Morgan fingerprint density at radius 2 is 2.15 bits per heavy atom. The molecule has 20 heavy (non-hydrogen) atoms. The van der Waals surface area contributed by atoms with E-state index in [4.69, 9.17) is 0 Å². The number of hydrogen-bond donors (Lipinski definition) is 2. The van der Waals surface area contributed by atoms with Gasteiger partial charge in [-0.25, -0.2) is 4.39 Å². The average molecular weight is 346 g/mol. The second-order valence-corrected chi connectivity index (χ2v) is 6.59. The average Bonchev–Trinajstić information content (AvgIpc) is 2.34. The Morgan fingerprint density at radius 3 is 2.70 bits per heavy atom. The summed E-state index contributed by atoms with van der Waals surface area (Å²) in [7, 11) is 0. The smallest absolute Gasteiger partial charge is 0.252 e. The van der Waals surface area contributed by atoms with Gasteiger partial charge in [0.05, 0.1) is 11.2 Å². The Kier molecular flexibility index (Phi) is 6.14. The van der Waals surface area contributed by atoms with Crippen LogP contribution in [0, 0.1) is 11.7 Å². The van der Waals surface area contributed by atoms with Crippen molar-refractivity contribution in [2.45, 2.75) is 39.2 Å². The van der Waals surface area contributed by atoms with E-state index >= 15 is 0 Å². The quantitative estimate of drug-likeness (QED) is 0.828. The summed E-state index contributed by atoms with van der Waals surface area (Å²) in [5.74, 6) is -0.234. The molecule has 0 heterocycles. The van der Waals surface area contributed by atoms with Crippen molar-refractivity contribution >= 4 is 21.8 Å². The second-order valence-electron chi connectivity index (χ2n) is 5.74. The maximum atomic E-state index is 13.0. The van der Waals surface area contributed by atoms with Crippen molar-refractivity contribution in [3.63, 3.8) is 0 Å². The Balaban J connectivity index is 2.58. The number of benzene rings is 1. The summed E-state index contributed by atoms with van der Waals surface area (Å²) in [4.78, 5) is 12.0. The zero-order chi connectivity index (χ0) is 15.3. The molecule has 0 aliphatic carbocycles. The lowest BCUT2D eigenvalue weighted by Gasteiger charge is -2.24. The summed E-state index contributed by atoms with van der Waals surface area (Å²) in [6.07, 6.45) is 1.51. The molecule has 3 nitrogen and oxygen atoms in total. The molecule has 2 N–H and O–H groups in total. The fourth-order valence-electron chi connectivity index (χ4n) is 1.73. The minimum absolute atomic E-state index is 0.169. The molecule has 0 bridgehead atoms. The maximum Gasteiger partial charge on any atom is 0.252 e. The van der Waals surface area contributed by atoms with Crippen LogP contribution in [-0.4, -0.2) is 23.2 Å².